The van der Waals surface area contributed by atoms with Crippen molar-refractivity contribution in [3.8, 4) is 5.75 Å². The van der Waals surface area contributed by atoms with Crippen molar-refractivity contribution in [2.75, 3.05) is 31.8 Å². The number of hydrogen-bond donors (Lipinski definition) is 3. The number of nitrogens with one attached hydrogen (secondary N) is 3. The molecule has 2 aromatic heterocycles. The molecule has 0 radical (unpaired) electrons. The Morgan fingerprint density at radius 1 is 1.07 bits per heavy atom. The van der Waals surface area contributed by atoms with Crippen LogP contribution in [0.15, 0.2) is 71.3 Å². The number of ether oxygens (including phenoxy) is 3. The van der Waals surface area contributed by atoms with Gasteiger partial charge < -0.3 is 44.9 Å². The van der Waals surface area contributed by atoms with E-state index < -0.39 is 58.9 Å². The highest BCUT2D eigenvalue weighted by Gasteiger charge is 2.55. The standard InChI is InChI=1S/C35H38ClN7O9S2.C2HF3O2/c1-35(2,3)52-34(48)37-14-13-23(44)38-33-40-24(28(36)54-33)25(41-50-5)29(45)39-26-30(46)43-27(32(47)51-18-20-9-11-22(49-4)12-10-20)21(19-53-31(26)43)17-42-15-7-6-8-16-42;3-2(4,5)1(6)7/h6-12,15-16,26,31H,13-14,17-19H2,1-5H3,(H2-,37,38,39,40,44,45,48);(H,6,7)/b41-25-;/t26-,31-;/m1./s1. The first-order valence-corrected chi connectivity index (χ1v) is 20.0. The molecule has 1 saturated heterocycles. The van der Waals surface area contributed by atoms with Crippen molar-refractivity contribution in [1.82, 2.24) is 20.5 Å². The van der Waals surface area contributed by atoms with Crippen molar-refractivity contribution in [2.24, 2.45) is 5.16 Å². The van der Waals surface area contributed by atoms with Gasteiger partial charge in [-0.15, -0.1) is 11.8 Å². The summed E-state index contributed by atoms with van der Waals surface area (Å²) in [6.07, 6.45) is -2.25. The number of anilines is 1. The quantitative estimate of drug-likeness (QED) is 0.0696. The van der Waals surface area contributed by atoms with Gasteiger partial charge in [-0.1, -0.05) is 46.3 Å². The average Bonchev–Trinajstić information content (AvgIpc) is 3.55. The van der Waals surface area contributed by atoms with Crippen molar-refractivity contribution in [1.29, 1.82) is 0 Å². The number of esters is 1. The van der Waals surface area contributed by atoms with Crippen LogP contribution >= 0.6 is 34.7 Å². The zero-order chi connectivity index (χ0) is 45.1. The molecule has 2 aliphatic heterocycles. The molecule has 1 fully saturated rings. The van der Waals surface area contributed by atoms with E-state index in [1.54, 1.807) is 52.1 Å². The Bertz CT molecular complexity index is 2170. The highest BCUT2D eigenvalue weighted by Crippen LogP contribution is 2.41. The number of alkyl carbamates (subject to hydrolysis) is 1. The number of carbonyl (C=O) groups is 6. The number of carbonyl (C=O) groups excluding carboxylic acids is 6. The number of pyridine rings is 1. The van der Waals surface area contributed by atoms with Crippen LogP contribution in [-0.2, 0) is 51.4 Å². The van der Waals surface area contributed by atoms with Gasteiger partial charge in [0.1, 0.15) is 58.2 Å². The number of fused-ring (bicyclic) bond motifs is 1. The van der Waals surface area contributed by atoms with Gasteiger partial charge in [-0.2, -0.15) is 13.2 Å². The number of carboxylic acid groups (broad SMARTS) is 1. The zero-order valence-electron chi connectivity index (χ0n) is 33.0. The summed E-state index contributed by atoms with van der Waals surface area (Å²) in [6.45, 7) is 5.46. The molecule has 0 bridgehead atoms. The number of benzene rings is 1. The van der Waals surface area contributed by atoms with Crippen LogP contribution < -0.4 is 30.4 Å². The Kier molecular flexibility index (Phi) is 16.5. The number of aromatic nitrogens is 2. The Morgan fingerprint density at radius 3 is 2.31 bits per heavy atom. The lowest BCUT2D eigenvalue weighted by Gasteiger charge is -2.49. The number of hydrogen-bond acceptors (Lipinski definition) is 15. The summed E-state index contributed by atoms with van der Waals surface area (Å²) in [5.41, 5.74) is 0.411. The van der Waals surface area contributed by atoms with E-state index in [4.69, 9.17) is 40.6 Å². The number of amides is 4. The van der Waals surface area contributed by atoms with Gasteiger partial charge in [-0.05, 0) is 38.5 Å². The predicted octanol–water partition coefficient (Wildman–Crippen LogP) is 2.69. The molecule has 0 aliphatic carbocycles. The molecule has 24 heteroatoms. The first-order valence-electron chi connectivity index (χ1n) is 17.8. The van der Waals surface area contributed by atoms with Crippen LogP contribution in [0.5, 0.6) is 5.75 Å². The molecule has 2 aliphatic rings. The second-order valence-corrected chi connectivity index (χ2v) is 16.3. The summed E-state index contributed by atoms with van der Waals surface area (Å²) in [6, 6.07) is 11.6. The largest absolute Gasteiger partial charge is 0.542 e. The highest BCUT2D eigenvalue weighted by molar-refractivity contribution is 8.00. The molecule has 3 N–H and O–H groups in total. The van der Waals surface area contributed by atoms with Crippen LogP contribution in [0.1, 0.15) is 38.4 Å². The predicted molar refractivity (Wildman–Crippen MR) is 211 cm³/mol. The van der Waals surface area contributed by atoms with E-state index in [-0.39, 0.29) is 46.1 Å². The summed E-state index contributed by atoms with van der Waals surface area (Å²) in [5.74, 6) is -4.47. The molecule has 3 aromatic rings. The third-order valence-corrected chi connectivity index (χ3v) is 10.4. The molecule has 328 valence electrons. The van der Waals surface area contributed by atoms with E-state index in [1.165, 1.54) is 23.8 Å². The van der Waals surface area contributed by atoms with Gasteiger partial charge >= 0.3 is 18.2 Å². The Hall–Kier alpha value is -5.94. The molecule has 0 saturated carbocycles. The minimum atomic E-state index is -5.19. The first kappa shape index (κ1) is 47.7. The highest BCUT2D eigenvalue weighted by atomic mass is 35.5. The smallest absolute Gasteiger partial charge is 0.430 e. The number of thiazole rings is 1. The minimum Gasteiger partial charge on any atom is -0.542 e. The number of alkyl halides is 3. The first-order chi connectivity index (χ1) is 28.7. The number of carboxylic acids is 1. The number of methoxy groups -OCH3 is 1. The second-order valence-electron chi connectivity index (χ2n) is 13.6. The second kappa shape index (κ2) is 21.0. The van der Waals surface area contributed by atoms with Crippen LogP contribution in [0.2, 0.25) is 4.34 Å². The third kappa shape index (κ3) is 13.5. The molecule has 1 aromatic carbocycles. The molecule has 4 amide bonds. The number of β-lactam (4-membered cyclic amide) rings is 1. The van der Waals surface area contributed by atoms with Gasteiger partial charge in [0.2, 0.25) is 5.91 Å². The fraction of sp³-hybridized carbons (Fsp3) is 0.378. The van der Waals surface area contributed by atoms with E-state index in [2.05, 4.69) is 26.1 Å². The molecule has 61 heavy (non-hydrogen) atoms. The lowest BCUT2D eigenvalue weighted by Crippen LogP contribution is -2.71. The lowest BCUT2D eigenvalue weighted by atomic mass is 10.0. The van der Waals surface area contributed by atoms with E-state index in [0.29, 0.717) is 23.6 Å². The van der Waals surface area contributed by atoms with Gasteiger partial charge in [0.25, 0.3) is 11.8 Å². The average molecular weight is 914 g/mol. The van der Waals surface area contributed by atoms with Gasteiger partial charge in [-0.3, -0.25) is 19.3 Å². The van der Waals surface area contributed by atoms with Crippen molar-refractivity contribution in [3.05, 3.63) is 81.7 Å². The van der Waals surface area contributed by atoms with Gasteiger partial charge in [0, 0.05) is 36.4 Å². The van der Waals surface area contributed by atoms with Crippen LogP contribution in [0.25, 0.3) is 0 Å². The fourth-order valence-corrected chi connectivity index (χ4v) is 7.66. The number of oxime groups is 1. The monoisotopic (exact) mass is 913 g/mol. The van der Waals surface area contributed by atoms with Crippen molar-refractivity contribution in [2.45, 2.75) is 63.5 Å². The molecule has 4 heterocycles. The van der Waals surface area contributed by atoms with Crippen molar-refractivity contribution in [3.63, 3.8) is 0 Å². The summed E-state index contributed by atoms with van der Waals surface area (Å²) >= 11 is 8.69. The summed E-state index contributed by atoms with van der Waals surface area (Å²) in [4.78, 5) is 84.7. The van der Waals surface area contributed by atoms with Gasteiger partial charge in [-0.25, -0.2) is 19.1 Å². The number of halogens is 4. The summed E-state index contributed by atoms with van der Waals surface area (Å²) in [7, 11) is 2.78. The molecule has 18 nitrogen and oxygen atoms in total. The van der Waals surface area contributed by atoms with Crippen molar-refractivity contribution < 1.29 is 70.7 Å². The van der Waals surface area contributed by atoms with E-state index in [0.717, 1.165) is 16.9 Å². The fourth-order valence-electron chi connectivity index (χ4n) is 5.26. The maximum Gasteiger partial charge on any atom is 0.430 e. The third-order valence-electron chi connectivity index (χ3n) is 7.91. The maximum absolute atomic E-state index is 13.7. The Labute approximate surface area is 359 Å². The van der Waals surface area contributed by atoms with E-state index in [1.807, 2.05) is 35.2 Å². The molecule has 2 atom stereocenters. The van der Waals surface area contributed by atoms with Crippen molar-refractivity contribution >= 4 is 81.3 Å². The number of thioether (sulfide) groups is 1. The van der Waals surface area contributed by atoms with E-state index >= 15 is 0 Å². The Balaban J connectivity index is 0.00000107. The summed E-state index contributed by atoms with van der Waals surface area (Å²) in [5, 5.41) is 19.8. The Morgan fingerprint density at radius 2 is 1.72 bits per heavy atom. The summed E-state index contributed by atoms with van der Waals surface area (Å²) < 4.78 is 49.5. The van der Waals surface area contributed by atoms with Crippen LogP contribution in [-0.4, -0.2) is 101 Å². The lowest BCUT2D eigenvalue weighted by molar-refractivity contribution is -0.689. The SMILES string of the molecule is CO/N=C(\C(=O)N[C@@H]1C(=O)N2C(C(=O)OCc3ccc(OC)cc3)=C(C[n+]3ccccc3)CS[C@H]12)c1nc(NC(=O)CCNC(=O)OC(C)(C)C)sc1Cl.O=C([O-])C(F)(F)F. The number of rotatable bonds is 14. The number of nitrogens with zero attached hydrogens (tertiary/aromatic N) is 4. The van der Waals surface area contributed by atoms with Crippen LogP contribution in [0, 0.1) is 0 Å². The molecular formula is C37H39ClF3N7O11S2. The topological polar surface area (TPSA) is 231 Å². The van der Waals surface area contributed by atoms with Crippen LogP contribution in [0.4, 0.5) is 23.1 Å². The normalized spacial score (nSPS) is 16.2. The van der Waals surface area contributed by atoms with Crippen LogP contribution in [0.3, 0.4) is 0 Å². The number of aliphatic carboxylic acids is 1. The minimum absolute atomic E-state index is 0.000987. The van der Waals surface area contributed by atoms with Gasteiger partial charge in [0.15, 0.2) is 29.8 Å². The molecule has 0 spiro atoms. The maximum atomic E-state index is 13.7. The zero-order valence-corrected chi connectivity index (χ0v) is 35.4. The molecule has 5 rings (SSSR count). The van der Waals surface area contributed by atoms with E-state index in [9.17, 15) is 37.1 Å². The molecule has 0 unspecified atom stereocenters. The van der Waals surface area contributed by atoms with Gasteiger partial charge in [0.05, 0.1) is 7.11 Å². The molecular weight excluding hydrogens is 875 g/mol.